The molecule has 0 aliphatic rings. The van der Waals surface area contributed by atoms with Crippen LogP contribution < -0.4 is 5.32 Å². The summed E-state index contributed by atoms with van der Waals surface area (Å²) >= 11 is 0. The van der Waals surface area contributed by atoms with E-state index in [4.69, 9.17) is 5.11 Å². The van der Waals surface area contributed by atoms with E-state index in [9.17, 15) is 4.79 Å². The highest BCUT2D eigenvalue weighted by atomic mass is 16.4. The van der Waals surface area contributed by atoms with Gasteiger partial charge in [0.15, 0.2) is 0 Å². The largest absolute Gasteiger partial charge is 0.480 e. The number of carboxylic acid groups (broad SMARTS) is 1. The van der Waals surface area contributed by atoms with Crippen molar-refractivity contribution < 1.29 is 9.90 Å². The second-order valence-electron chi connectivity index (χ2n) is 5.24. The Morgan fingerprint density at radius 1 is 1.26 bits per heavy atom. The Kier molecular flexibility index (Phi) is 5.51. The van der Waals surface area contributed by atoms with Gasteiger partial charge < -0.3 is 10.4 Å². The predicted octanol–water partition coefficient (Wildman–Crippen LogP) is 1.72. The van der Waals surface area contributed by atoms with Crippen LogP contribution in [0.1, 0.15) is 22.3 Å². The summed E-state index contributed by atoms with van der Waals surface area (Å²) in [6.45, 7) is 7.56. The molecular formula is C15H24N2O2. The maximum Gasteiger partial charge on any atom is 0.322 e. The van der Waals surface area contributed by atoms with E-state index in [0.29, 0.717) is 6.54 Å². The van der Waals surface area contributed by atoms with Crippen LogP contribution in [0.15, 0.2) is 12.1 Å². The van der Waals surface area contributed by atoms with Crippen molar-refractivity contribution in [3.63, 3.8) is 0 Å². The minimum absolute atomic E-state index is 0.484. The summed E-state index contributed by atoms with van der Waals surface area (Å²) in [5.41, 5.74) is 5.08. The molecule has 1 rings (SSSR count). The summed E-state index contributed by atoms with van der Waals surface area (Å²) in [6.07, 6.45) is 0. The Morgan fingerprint density at radius 3 is 2.37 bits per heavy atom. The number of hydrogen-bond acceptors (Lipinski definition) is 3. The molecule has 4 heteroatoms. The molecule has 0 aliphatic carbocycles. The van der Waals surface area contributed by atoms with Crippen molar-refractivity contribution in [3.8, 4) is 0 Å². The molecule has 1 atom stereocenters. The minimum atomic E-state index is -0.814. The fraction of sp³-hybridized carbons (Fsp3) is 0.533. The molecule has 1 aromatic carbocycles. The highest BCUT2D eigenvalue weighted by molar-refractivity contribution is 5.73. The highest BCUT2D eigenvalue weighted by Crippen LogP contribution is 2.16. The number of nitrogens with zero attached hydrogens (tertiary/aromatic N) is 1. The zero-order chi connectivity index (χ0) is 14.6. The average Bonchev–Trinajstić information content (AvgIpc) is 2.32. The van der Waals surface area contributed by atoms with Gasteiger partial charge in [-0.05, 0) is 57.1 Å². The lowest BCUT2D eigenvalue weighted by Crippen LogP contribution is -2.43. The van der Waals surface area contributed by atoms with Gasteiger partial charge in [0.2, 0.25) is 0 Å². The summed E-state index contributed by atoms with van der Waals surface area (Å²) in [4.78, 5) is 13.0. The van der Waals surface area contributed by atoms with E-state index in [-0.39, 0.29) is 0 Å². The third kappa shape index (κ3) is 4.33. The van der Waals surface area contributed by atoms with Crippen molar-refractivity contribution in [2.24, 2.45) is 0 Å². The number of aliphatic carboxylic acids is 1. The molecule has 0 aromatic heterocycles. The first kappa shape index (κ1) is 15.7. The number of carboxylic acids is 1. The number of carbonyl (C=O) groups is 1. The minimum Gasteiger partial charge on any atom is -0.480 e. The van der Waals surface area contributed by atoms with E-state index in [0.717, 1.165) is 6.54 Å². The van der Waals surface area contributed by atoms with Crippen LogP contribution in [0.3, 0.4) is 0 Å². The molecule has 0 saturated heterocycles. The van der Waals surface area contributed by atoms with Crippen molar-refractivity contribution >= 4 is 5.97 Å². The molecule has 0 aliphatic heterocycles. The molecular weight excluding hydrogens is 240 g/mol. The van der Waals surface area contributed by atoms with Crippen molar-refractivity contribution in [1.82, 2.24) is 10.2 Å². The lowest BCUT2D eigenvalue weighted by Gasteiger charge is -2.22. The summed E-state index contributed by atoms with van der Waals surface area (Å²) in [6, 6.07) is 3.85. The molecule has 19 heavy (non-hydrogen) atoms. The van der Waals surface area contributed by atoms with Crippen LogP contribution in [0.25, 0.3) is 0 Å². The summed E-state index contributed by atoms with van der Waals surface area (Å²) in [5, 5.41) is 11.8. The number of benzene rings is 1. The van der Waals surface area contributed by atoms with Gasteiger partial charge in [0.05, 0.1) is 0 Å². The SMILES string of the molecule is CNC(CN(C)Cc1cc(C)c(C)cc1C)C(=O)O. The van der Waals surface area contributed by atoms with Gasteiger partial charge in [-0.15, -0.1) is 0 Å². The Balaban J connectivity index is 2.74. The van der Waals surface area contributed by atoms with Gasteiger partial charge in [0.1, 0.15) is 6.04 Å². The van der Waals surface area contributed by atoms with Gasteiger partial charge >= 0.3 is 5.97 Å². The molecule has 106 valence electrons. The summed E-state index contributed by atoms with van der Waals surface area (Å²) in [7, 11) is 3.62. The molecule has 0 saturated carbocycles. The Morgan fingerprint density at radius 2 is 1.84 bits per heavy atom. The van der Waals surface area contributed by atoms with E-state index in [2.05, 4.69) is 38.2 Å². The van der Waals surface area contributed by atoms with Gasteiger partial charge in [-0.2, -0.15) is 0 Å². The normalized spacial score (nSPS) is 12.7. The van der Waals surface area contributed by atoms with Gasteiger partial charge in [0.25, 0.3) is 0 Å². The Bertz CT molecular complexity index is 458. The molecule has 0 heterocycles. The maximum absolute atomic E-state index is 11.0. The second-order valence-corrected chi connectivity index (χ2v) is 5.24. The zero-order valence-corrected chi connectivity index (χ0v) is 12.4. The second kappa shape index (κ2) is 6.68. The fourth-order valence-electron chi connectivity index (χ4n) is 2.15. The van der Waals surface area contributed by atoms with Gasteiger partial charge in [0, 0.05) is 13.1 Å². The third-order valence-corrected chi connectivity index (χ3v) is 3.53. The van der Waals surface area contributed by atoms with E-state index in [1.165, 1.54) is 22.3 Å². The number of rotatable bonds is 6. The monoisotopic (exact) mass is 264 g/mol. The smallest absolute Gasteiger partial charge is 0.322 e. The van der Waals surface area contributed by atoms with Crippen molar-refractivity contribution in [2.75, 3.05) is 20.6 Å². The molecule has 2 N–H and O–H groups in total. The zero-order valence-electron chi connectivity index (χ0n) is 12.4. The van der Waals surface area contributed by atoms with Gasteiger partial charge in [-0.1, -0.05) is 12.1 Å². The topological polar surface area (TPSA) is 52.6 Å². The van der Waals surface area contributed by atoms with Gasteiger partial charge in [-0.25, -0.2) is 0 Å². The molecule has 1 unspecified atom stereocenters. The molecule has 0 spiro atoms. The molecule has 1 aromatic rings. The third-order valence-electron chi connectivity index (χ3n) is 3.53. The highest BCUT2D eigenvalue weighted by Gasteiger charge is 2.17. The first-order valence-electron chi connectivity index (χ1n) is 6.50. The van der Waals surface area contributed by atoms with E-state index >= 15 is 0 Å². The lowest BCUT2D eigenvalue weighted by molar-refractivity contribution is -0.139. The van der Waals surface area contributed by atoms with Crippen LogP contribution in [0.4, 0.5) is 0 Å². The Labute approximate surface area is 115 Å². The van der Waals surface area contributed by atoms with Crippen LogP contribution in [0, 0.1) is 20.8 Å². The van der Waals surface area contributed by atoms with Crippen molar-refractivity contribution in [2.45, 2.75) is 33.4 Å². The molecule has 4 nitrogen and oxygen atoms in total. The van der Waals surface area contributed by atoms with E-state index < -0.39 is 12.0 Å². The number of nitrogens with one attached hydrogen (secondary N) is 1. The van der Waals surface area contributed by atoms with Crippen LogP contribution in [-0.2, 0) is 11.3 Å². The van der Waals surface area contributed by atoms with Gasteiger partial charge in [-0.3, -0.25) is 9.69 Å². The predicted molar refractivity (Wildman–Crippen MR) is 77.5 cm³/mol. The maximum atomic E-state index is 11.0. The summed E-state index contributed by atoms with van der Waals surface area (Å²) in [5.74, 6) is -0.814. The van der Waals surface area contributed by atoms with Crippen LogP contribution in [-0.4, -0.2) is 42.7 Å². The van der Waals surface area contributed by atoms with Crippen LogP contribution in [0.5, 0.6) is 0 Å². The molecule has 0 amide bonds. The molecule has 0 radical (unpaired) electrons. The first-order chi connectivity index (χ1) is 8.85. The number of aryl methyl sites for hydroxylation is 3. The number of likely N-dealkylation sites (N-methyl/N-ethyl adjacent to an activating group) is 2. The van der Waals surface area contributed by atoms with Crippen molar-refractivity contribution in [3.05, 3.63) is 34.4 Å². The molecule has 0 fully saturated rings. The standard InChI is InChI=1S/C15H24N2O2/c1-10-6-12(3)13(7-11(10)2)8-17(5)9-14(16-4)15(18)19/h6-7,14,16H,8-9H2,1-5H3,(H,18,19). The van der Waals surface area contributed by atoms with Crippen LogP contribution >= 0.6 is 0 Å². The quantitative estimate of drug-likeness (QED) is 0.821. The Hall–Kier alpha value is -1.39. The molecule has 0 bridgehead atoms. The summed E-state index contributed by atoms with van der Waals surface area (Å²) < 4.78 is 0. The lowest BCUT2D eigenvalue weighted by atomic mass is 10.0. The van der Waals surface area contributed by atoms with Crippen molar-refractivity contribution in [1.29, 1.82) is 0 Å². The number of hydrogen-bond donors (Lipinski definition) is 2. The van der Waals surface area contributed by atoms with Crippen LogP contribution in [0.2, 0.25) is 0 Å². The first-order valence-corrected chi connectivity index (χ1v) is 6.50. The van der Waals surface area contributed by atoms with E-state index in [1.807, 2.05) is 11.9 Å². The average molecular weight is 264 g/mol. The van der Waals surface area contributed by atoms with E-state index in [1.54, 1.807) is 7.05 Å². The fourth-order valence-corrected chi connectivity index (χ4v) is 2.15.